The van der Waals surface area contributed by atoms with Crippen LogP contribution >= 0.6 is 11.8 Å². The van der Waals surface area contributed by atoms with Crippen molar-refractivity contribution in [3.8, 4) is 0 Å². The molecule has 2 heteroatoms. The molecular formula is C9H19NS. The summed E-state index contributed by atoms with van der Waals surface area (Å²) in [5.74, 6) is 2.99. The zero-order valence-corrected chi connectivity index (χ0v) is 8.36. The minimum atomic E-state index is 0.488. The first kappa shape index (κ1) is 9.40. The molecule has 0 aromatic carbocycles. The Morgan fingerprint density at radius 1 is 1.45 bits per heavy atom. The van der Waals surface area contributed by atoms with E-state index >= 15 is 0 Å². The smallest absolute Gasteiger partial charge is 0.00672 e. The van der Waals surface area contributed by atoms with Crippen LogP contribution in [0.25, 0.3) is 0 Å². The van der Waals surface area contributed by atoms with Crippen molar-refractivity contribution in [1.82, 2.24) is 0 Å². The first-order valence-corrected chi connectivity index (χ1v) is 5.89. The van der Waals surface area contributed by atoms with Crippen LogP contribution in [0.4, 0.5) is 0 Å². The van der Waals surface area contributed by atoms with Crippen molar-refractivity contribution in [3.05, 3.63) is 0 Å². The van der Waals surface area contributed by atoms with Crippen LogP contribution in [0.5, 0.6) is 0 Å². The Hall–Kier alpha value is 0.310. The highest BCUT2D eigenvalue weighted by Gasteiger charge is 2.29. The van der Waals surface area contributed by atoms with Crippen molar-refractivity contribution in [2.24, 2.45) is 17.6 Å². The highest BCUT2D eigenvalue weighted by atomic mass is 32.2. The summed E-state index contributed by atoms with van der Waals surface area (Å²) in [6.07, 6.45) is 6.17. The summed E-state index contributed by atoms with van der Waals surface area (Å²) < 4.78 is 0. The number of hydrogen-bond acceptors (Lipinski definition) is 2. The third-order valence-electron chi connectivity index (χ3n) is 2.98. The molecule has 1 nitrogen and oxygen atoms in total. The molecule has 0 saturated heterocycles. The van der Waals surface area contributed by atoms with E-state index in [9.17, 15) is 0 Å². The van der Waals surface area contributed by atoms with E-state index in [0.717, 1.165) is 11.8 Å². The molecule has 0 aromatic heterocycles. The van der Waals surface area contributed by atoms with E-state index in [-0.39, 0.29) is 0 Å². The number of nitrogens with two attached hydrogens (primary N) is 1. The molecule has 2 N–H and O–H groups in total. The summed E-state index contributed by atoms with van der Waals surface area (Å²) >= 11 is 1.95. The predicted octanol–water partition coefficient (Wildman–Crippen LogP) is 2.11. The molecular weight excluding hydrogens is 154 g/mol. The zero-order valence-electron chi connectivity index (χ0n) is 7.55. The maximum Gasteiger partial charge on any atom is 0.00672 e. The second-order valence-electron chi connectivity index (χ2n) is 3.64. The number of thioether (sulfide) groups is 1. The molecule has 1 aliphatic carbocycles. The van der Waals surface area contributed by atoms with Gasteiger partial charge in [0.25, 0.3) is 0 Å². The van der Waals surface area contributed by atoms with Crippen LogP contribution in [-0.2, 0) is 0 Å². The average Bonchev–Trinajstić information content (AvgIpc) is 2.31. The van der Waals surface area contributed by atoms with E-state index in [1.165, 1.54) is 25.0 Å². The van der Waals surface area contributed by atoms with Crippen LogP contribution in [-0.4, -0.2) is 18.1 Å². The van der Waals surface area contributed by atoms with Crippen molar-refractivity contribution in [3.63, 3.8) is 0 Å². The molecule has 1 saturated carbocycles. The minimum Gasteiger partial charge on any atom is -0.327 e. The first-order chi connectivity index (χ1) is 5.25. The monoisotopic (exact) mass is 173 g/mol. The highest BCUT2D eigenvalue weighted by molar-refractivity contribution is 7.98. The van der Waals surface area contributed by atoms with Gasteiger partial charge in [0, 0.05) is 6.04 Å². The third kappa shape index (κ3) is 2.38. The van der Waals surface area contributed by atoms with Crippen LogP contribution in [0, 0.1) is 11.8 Å². The Morgan fingerprint density at radius 3 is 2.64 bits per heavy atom. The summed E-state index contributed by atoms with van der Waals surface area (Å²) in [7, 11) is 0. The van der Waals surface area contributed by atoms with E-state index in [2.05, 4.69) is 13.2 Å². The minimum absolute atomic E-state index is 0.488. The quantitative estimate of drug-likeness (QED) is 0.707. The van der Waals surface area contributed by atoms with E-state index in [4.69, 9.17) is 5.73 Å². The fourth-order valence-electron chi connectivity index (χ4n) is 1.96. The Bertz CT molecular complexity index is 116. The molecule has 0 radical (unpaired) electrons. The van der Waals surface area contributed by atoms with Gasteiger partial charge in [0.15, 0.2) is 0 Å². The fraction of sp³-hybridized carbons (Fsp3) is 1.00. The zero-order chi connectivity index (χ0) is 8.27. The Balaban J connectivity index is 2.24. The highest BCUT2D eigenvalue weighted by Crippen LogP contribution is 2.33. The van der Waals surface area contributed by atoms with Crippen LogP contribution in [0.2, 0.25) is 0 Å². The van der Waals surface area contributed by atoms with Gasteiger partial charge in [-0.25, -0.2) is 0 Å². The molecule has 0 spiro atoms. The molecule has 0 aromatic rings. The lowest BCUT2D eigenvalue weighted by Crippen LogP contribution is -2.25. The standard InChI is InChI=1S/C9H19NS/c1-7-8(5-6-11-2)3-4-9(7)10/h7-9H,3-6,10H2,1-2H3. The Labute approximate surface area is 74.1 Å². The molecule has 1 aliphatic rings. The number of rotatable bonds is 3. The van der Waals surface area contributed by atoms with E-state index < -0.39 is 0 Å². The van der Waals surface area contributed by atoms with Crippen molar-refractivity contribution >= 4 is 11.8 Å². The van der Waals surface area contributed by atoms with Crippen LogP contribution in [0.1, 0.15) is 26.2 Å². The summed E-state index contributed by atoms with van der Waals surface area (Å²) in [6.45, 7) is 2.31. The van der Waals surface area contributed by atoms with Gasteiger partial charge in [-0.2, -0.15) is 11.8 Å². The summed E-state index contributed by atoms with van der Waals surface area (Å²) in [5.41, 5.74) is 5.93. The molecule has 1 fully saturated rings. The topological polar surface area (TPSA) is 26.0 Å². The third-order valence-corrected chi connectivity index (χ3v) is 3.63. The molecule has 66 valence electrons. The van der Waals surface area contributed by atoms with E-state index in [0.29, 0.717) is 6.04 Å². The molecule has 3 atom stereocenters. The molecule has 0 bridgehead atoms. The van der Waals surface area contributed by atoms with Gasteiger partial charge >= 0.3 is 0 Å². The largest absolute Gasteiger partial charge is 0.327 e. The van der Waals surface area contributed by atoms with Crippen molar-refractivity contribution in [1.29, 1.82) is 0 Å². The van der Waals surface area contributed by atoms with Crippen molar-refractivity contribution in [2.75, 3.05) is 12.0 Å². The lowest BCUT2D eigenvalue weighted by Gasteiger charge is -2.16. The van der Waals surface area contributed by atoms with E-state index in [1.807, 2.05) is 11.8 Å². The number of hydrogen-bond donors (Lipinski definition) is 1. The van der Waals surface area contributed by atoms with Gasteiger partial charge in [-0.05, 0) is 43.1 Å². The summed E-state index contributed by atoms with van der Waals surface area (Å²) in [4.78, 5) is 0. The van der Waals surface area contributed by atoms with Gasteiger partial charge < -0.3 is 5.73 Å². The molecule has 11 heavy (non-hydrogen) atoms. The molecule has 1 rings (SSSR count). The van der Waals surface area contributed by atoms with Gasteiger partial charge in [0.1, 0.15) is 0 Å². The van der Waals surface area contributed by atoms with Crippen LogP contribution in [0.3, 0.4) is 0 Å². The van der Waals surface area contributed by atoms with Gasteiger partial charge in [0.2, 0.25) is 0 Å². The Kier molecular flexibility index (Phi) is 3.73. The van der Waals surface area contributed by atoms with Crippen molar-refractivity contribution < 1.29 is 0 Å². The van der Waals surface area contributed by atoms with Gasteiger partial charge in [-0.1, -0.05) is 6.92 Å². The average molecular weight is 173 g/mol. The van der Waals surface area contributed by atoms with Gasteiger partial charge in [-0.15, -0.1) is 0 Å². The fourth-order valence-corrected chi connectivity index (χ4v) is 2.50. The van der Waals surface area contributed by atoms with Crippen LogP contribution in [0.15, 0.2) is 0 Å². The molecule has 0 amide bonds. The maximum atomic E-state index is 5.93. The van der Waals surface area contributed by atoms with Gasteiger partial charge in [-0.3, -0.25) is 0 Å². The molecule has 0 aliphatic heterocycles. The van der Waals surface area contributed by atoms with Gasteiger partial charge in [0.05, 0.1) is 0 Å². The molecule has 3 unspecified atom stereocenters. The van der Waals surface area contributed by atoms with Crippen molar-refractivity contribution in [2.45, 2.75) is 32.2 Å². The summed E-state index contributed by atoms with van der Waals surface area (Å²) in [5, 5.41) is 0. The second-order valence-corrected chi connectivity index (χ2v) is 4.63. The summed E-state index contributed by atoms with van der Waals surface area (Å²) in [6, 6.07) is 0.488. The van der Waals surface area contributed by atoms with E-state index in [1.54, 1.807) is 0 Å². The SMILES string of the molecule is CSCCC1CCC(N)C1C. The molecule has 0 heterocycles. The first-order valence-electron chi connectivity index (χ1n) is 4.50. The maximum absolute atomic E-state index is 5.93. The normalized spacial score (nSPS) is 37.9. The lowest BCUT2D eigenvalue weighted by atomic mass is 9.94. The Morgan fingerprint density at radius 2 is 2.18 bits per heavy atom. The second kappa shape index (κ2) is 4.36. The van der Waals surface area contributed by atoms with Crippen LogP contribution < -0.4 is 5.73 Å². The lowest BCUT2D eigenvalue weighted by molar-refractivity contribution is 0.384. The predicted molar refractivity (Wildman–Crippen MR) is 52.9 cm³/mol.